The van der Waals surface area contributed by atoms with E-state index in [1.165, 1.54) is 0 Å². The standard InChI is InChI=1S/C17H29N5O8S/c1-7(2)3-9(15(27)22-11(17(29)30)4-12(19)23)21-16(28)10(5-13(24)25)20-14(26)8(18)6-31/h7-11,31H,3-6,18H2,1-2H3,(H2,19,23)(H,20,26)(H,21,28)(H,22,27)(H,24,25)(H,29,30)/t8-,9-,10-,11-/m0/s1. The molecular weight excluding hydrogens is 434 g/mol. The summed E-state index contributed by atoms with van der Waals surface area (Å²) in [6.07, 6.45) is -1.39. The van der Waals surface area contributed by atoms with Gasteiger partial charge in [-0.2, -0.15) is 12.6 Å². The Morgan fingerprint density at radius 1 is 0.839 bits per heavy atom. The second kappa shape index (κ2) is 13.4. The number of primary amides is 1. The van der Waals surface area contributed by atoms with Gasteiger partial charge in [0, 0.05) is 5.75 Å². The first-order chi connectivity index (χ1) is 14.3. The SMILES string of the molecule is CC(C)C[C@H](NC(=O)[C@H](CC(=O)O)NC(=O)[C@@H](N)CS)C(=O)N[C@@H](CC(N)=O)C(=O)O. The number of nitrogens with one attached hydrogen (secondary N) is 3. The summed E-state index contributed by atoms with van der Waals surface area (Å²) in [5.41, 5.74) is 10.5. The van der Waals surface area contributed by atoms with Crippen molar-refractivity contribution in [3.05, 3.63) is 0 Å². The molecule has 0 aromatic carbocycles. The first-order valence-electron chi connectivity index (χ1n) is 9.28. The summed E-state index contributed by atoms with van der Waals surface area (Å²) in [4.78, 5) is 70.5. The van der Waals surface area contributed by atoms with Crippen LogP contribution >= 0.6 is 12.6 Å². The number of hydrogen-bond acceptors (Lipinski definition) is 8. The molecule has 0 aromatic rings. The third-order valence-corrected chi connectivity index (χ3v) is 4.30. The fourth-order valence-corrected chi connectivity index (χ4v) is 2.56. The number of carbonyl (C=O) groups excluding carboxylic acids is 4. The van der Waals surface area contributed by atoms with Crippen LogP contribution in [-0.2, 0) is 28.8 Å². The Morgan fingerprint density at radius 3 is 1.74 bits per heavy atom. The van der Waals surface area contributed by atoms with Crippen molar-refractivity contribution in [1.82, 2.24) is 16.0 Å². The van der Waals surface area contributed by atoms with Gasteiger partial charge in [-0.3, -0.25) is 24.0 Å². The van der Waals surface area contributed by atoms with Gasteiger partial charge in [0.1, 0.15) is 18.1 Å². The molecule has 0 aliphatic carbocycles. The van der Waals surface area contributed by atoms with E-state index in [4.69, 9.17) is 21.7 Å². The second-order valence-electron chi connectivity index (χ2n) is 7.21. The molecule has 0 saturated carbocycles. The number of aliphatic carboxylic acids is 2. The summed E-state index contributed by atoms with van der Waals surface area (Å²) >= 11 is 3.85. The molecule has 0 rings (SSSR count). The van der Waals surface area contributed by atoms with E-state index in [1.54, 1.807) is 13.8 Å². The van der Waals surface area contributed by atoms with Crippen molar-refractivity contribution in [2.24, 2.45) is 17.4 Å². The molecule has 9 N–H and O–H groups in total. The Morgan fingerprint density at radius 2 is 1.32 bits per heavy atom. The van der Waals surface area contributed by atoms with Gasteiger partial charge >= 0.3 is 11.9 Å². The maximum atomic E-state index is 12.6. The summed E-state index contributed by atoms with van der Waals surface area (Å²) in [5, 5.41) is 24.8. The highest BCUT2D eigenvalue weighted by atomic mass is 32.1. The molecule has 0 fully saturated rings. The number of nitrogens with two attached hydrogens (primary N) is 2. The van der Waals surface area contributed by atoms with Crippen LogP contribution in [0.25, 0.3) is 0 Å². The fraction of sp³-hybridized carbons (Fsp3) is 0.647. The maximum Gasteiger partial charge on any atom is 0.326 e. The quantitative estimate of drug-likeness (QED) is 0.124. The second-order valence-corrected chi connectivity index (χ2v) is 7.57. The molecule has 14 heteroatoms. The zero-order chi connectivity index (χ0) is 24.3. The van der Waals surface area contributed by atoms with Crippen LogP contribution in [0, 0.1) is 5.92 Å². The van der Waals surface area contributed by atoms with E-state index in [1.807, 2.05) is 0 Å². The highest BCUT2D eigenvalue weighted by molar-refractivity contribution is 7.80. The topological polar surface area (TPSA) is 231 Å². The molecule has 0 heterocycles. The Labute approximate surface area is 184 Å². The molecule has 0 aromatic heterocycles. The first-order valence-corrected chi connectivity index (χ1v) is 9.92. The van der Waals surface area contributed by atoms with Crippen LogP contribution < -0.4 is 27.4 Å². The minimum atomic E-state index is -1.61. The number of rotatable bonds is 14. The van der Waals surface area contributed by atoms with E-state index >= 15 is 0 Å². The van der Waals surface area contributed by atoms with E-state index in [0.717, 1.165) is 0 Å². The smallest absolute Gasteiger partial charge is 0.326 e. The third-order valence-electron chi connectivity index (χ3n) is 3.91. The van der Waals surface area contributed by atoms with Gasteiger partial charge in [-0.05, 0) is 12.3 Å². The number of carboxylic acids is 2. The fourth-order valence-electron chi connectivity index (χ4n) is 2.39. The number of hydrogen-bond donors (Lipinski definition) is 8. The van der Waals surface area contributed by atoms with Crippen molar-refractivity contribution in [2.45, 2.75) is 57.3 Å². The molecule has 0 radical (unpaired) electrons. The predicted octanol–water partition coefficient (Wildman–Crippen LogP) is -2.82. The molecular formula is C17H29N5O8S. The van der Waals surface area contributed by atoms with Crippen molar-refractivity contribution in [3.63, 3.8) is 0 Å². The van der Waals surface area contributed by atoms with Crippen molar-refractivity contribution in [3.8, 4) is 0 Å². The monoisotopic (exact) mass is 463 g/mol. The minimum absolute atomic E-state index is 0.0535. The number of thiol groups is 1. The summed E-state index contributed by atoms with van der Waals surface area (Å²) < 4.78 is 0. The molecule has 0 aliphatic rings. The van der Waals surface area contributed by atoms with Crippen LogP contribution in [0.5, 0.6) is 0 Å². The zero-order valence-electron chi connectivity index (χ0n) is 17.2. The van der Waals surface area contributed by atoms with Crippen LogP contribution in [0.15, 0.2) is 0 Å². The molecule has 0 saturated heterocycles. The van der Waals surface area contributed by atoms with E-state index in [0.29, 0.717) is 0 Å². The molecule has 0 bridgehead atoms. The van der Waals surface area contributed by atoms with Crippen molar-refractivity contribution in [1.29, 1.82) is 0 Å². The van der Waals surface area contributed by atoms with E-state index in [9.17, 15) is 28.8 Å². The minimum Gasteiger partial charge on any atom is -0.481 e. The Bertz CT molecular complexity index is 702. The van der Waals surface area contributed by atoms with Crippen molar-refractivity contribution in [2.75, 3.05) is 5.75 Å². The van der Waals surface area contributed by atoms with Gasteiger partial charge in [0.25, 0.3) is 0 Å². The maximum absolute atomic E-state index is 12.6. The molecule has 13 nitrogen and oxygen atoms in total. The Balaban J connectivity index is 5.51. The van der Waals surface area contributed by atoms with Gasteiger partial charge < -0.3 is 37.6 Å². The van der Waals surface area contributed by atoms with Gasteiger partial charge in [0.15, 0.2) is 0 Å². The molecule has 176 valence electrons. The Hall–Kier alpha value is -2.87. The van der Waals surface area contributed by atoms with Gasteiger partial charge in [-0.15, -0.1) is 0 Å². The van der Waals surface area contributed by atoms with E-state index in [2.05, 4.69) is 28.6 Å². The molecule has 31 heavy (non-hydrogen) atoms. The first kappa shape index (κ1) is 28.1. The van der Waals surface area contributed by atoms with Crippen LogP contribution in [0.3, 0.4) is 0 Å². The normalized spacial score (nSPS) is 14.6. The van der Waals surface area contributed by atoms with Gasteiger partial charge in [-0.25, -0.2) is 4.79 Å². The summed E-state index contributed by atoms with van der Waals surface area (Å²) in [6, 6.07) is -5.51. The van der Waals surface area contributed by atoms with Crippen LogP contribution in [0.4, 0.5) is 0 Å². The number of amides is 4. The van der Waals surface area contributed by atoms with Crippen LogP contribution in [-0.4, -0.2) is 75.7 Å². The number of carbonyl (C=O) groups is 6. The summed E-state index contributed by atoms with van der Waals surface area (Å²) in [7, 11) is 0. The molecule has 4 atom stereocenters. The molecule has 4 amide bonds. The third kappa shape index (κ3) is 11.2. The van der Waals surface area contributed by atoms with Gasteiger partial charge in [-0.1, -0.05) is 13.8 Å². The summed E-state index contributed by atoms with van der Waals surface area (Å²) in [6.45, 7) is 3.46. The van der Waals surface area contributed by atoms with Crippen LogP contribution in [0.1, 0.15) is 33.1 Å². The largest absolute Gasteiger partial charge is 0.481 e. The highest BCUT2D eigenvalue weighted by Gasteiger charge is 2.32. The highest BCUT2D eigenvalue weighted by Crippen LogP contribution is 2.07. The lowest BCUT2D eigenvalue weighted by atomic mass is 10.0. The predicted molar refractivity (Wildman–Crippen MR) is 111 cm³/mol. The van der Waals surface area contributed by atoms with Gasteiger partial charge in [0.05, 0.1) is 18.9 Å². The zero-order valence-corrected chi connectivity index (χ0v) is 18.1. The van der Waals surface area contributed by atoms with E-state index in [-0.39, 0.29) is 18.1 Å². The summed E-state index contributed by atoms with van der Waals surface area (Å²) in [5.74, 6) is -6.75. The number of carboxylic acid groups (broad SMARTS) is 2. The van der Waals surface area contributed by atoms with Crippen LogP contribution in [0.2, 0.25) is 0 Å². The van der Waals surface area contributed by atoms with E-state index < -0.39 is 72.6 Å². The Kier molecular flexibility index (Phi) is 12.2. The molecule has 0 aliphatic heterocycles. The molecule has 0 unspecified atom stereocenters. The lowest BCUT2D eigenvalue weighted by Gasteiger charge is -2.25. The lowest BCUT2D eigenvalue weighted by Crippen LogP contribution is -2.58. The average molecular weight is 464 g/mol. The lowest BCUT2D eigenvalue weighted by molar-refractivity contribution is -0.144. The van der Waals surface area contributed by atoms with Gasteiger partial charge in [0.2, 0.25) is 23.6 Å². The van der Waals surface area contributed by atoms with Crippen molar-refractivity contribution < 1.29 is 39.0 Å². The van der Waals surface area contributed by atoms with Crippen molar-refractivity contribution >= 4 is 48.2 Å². The average Bonchev–Trinajstić information content (AvgIpc) is 2.64. The molecule has 0 spiro atoms.